The van der Waals surface area contributed by atoms with Crippen LogP contribution in [0, 0.1) is 5.92 Å². The molecule has 1 rings (SSSR count). The van der Waals surface area contributed by atoms with E-state index in [4.69, 9.17) is 12.2 Å². The van der Waals surface area contributed by atoms with E-state index in [2.05, 4.69) is 31.4 Å². The normalized spacial score (nSPS) is 27.4. The van der Waals surface area contributed by atoms with Gasteiger partial charge in [0.1, 0.15) is 0 Å². The van der Waals surface area contributed by atoms with E-state index in [9.17, 15) is 0 Å². The van der Waals surface area contributed by atoms with Crippen LogP contribution in [-0.4, -0.2) is 17.2 Å². The van der Waals surface area contributed by atoms with Crippen LogP contribution < -0.4 is 10.6 Å². The van der Waals surface area contributed by atoms with Crippen molar-refractivity contribution in [3.05, 3.63) is 0 Å². The molecule has 0 aromatic rings. The van der Waals surface area contributed by atoms with Gasteiger partial charge in [-0.15, -0.1) is 0 Å². The highest BCUT2D eigenvalue weighted by Crippen LogP contribution is 2.23. The Kier molecular flexibility index (Phi) is 4.66. The van der Waals surface area contributed by atoms with Crippen molar-refractivity contribution in [2.24, 2.45) is 5.92 Å². The average molecular weight is 214 g/mol. The average Bonchev–Trinajstić information content (AvgIpc) is 2.07. The molecule has 0 atom stereocenters. The van der Waals surface area contributed by atoms with Crippen molar-refractivity contribution >= 4 is 17.3 Å². The number of thiocarbonyl (C=S) groups is 1. The van der Waals surface area contributed by atoms with Gasteiger partial charge < -0.3 is 10.6 Å². The lowest BCUT2D eigenvalue weighted by atomic mass is 9.87. The summed E-state index contributed by atoms with van der Waals surface area (Å²) in [7, 11) is 0. The minimum absolute atomic E-state index is 0.428. The highest BCUT2D eigenvalue weighted by molar-refractivity contribution is 7.80. The number of rotatable bonds is 2. The van der Waals surface area contributed by atoms with E-state index in [0.29, 0.717) is 12.1 Å². The van der Waals surface area contributed by atoms with Crippen LogP contribution in [0.25, 0.3) is 0 Å². The zero-order valence-electron chi connectivity index (χ0n) is 9.47. The van der Waals surface area contributed by atoms with E-state index >= 15 is 0 Å². The molecule has 14 heavy (non-hydrogen) atoms. The first-order chi connectivity index (χ1) is 6.58. The van der Waals surface area contributed by atoms with Crippen molar-refractivity contribution < 1.29 is 0 Å². The van der Waals surface area contributed by atoms with Crippen molar-refractivity contribution in [3.63, 3.8) is 0 Å². The van der Waals surface area contributed by atoms with Gasteiger partial charge in [0, 0.05) is 12.1 Å². The van der Waals surface area contributed by atoms with Gasteiger partial charge in [0.05, 0.1) is 0 Å². The summed E-state index contributed by atoms with van der Waals surface area (Å²) < 4.78 is 0. The summed E-state index contributed by atoms with van der Waals surface area (Å²) in [5.41, 5.74) is 0. The maximum absolute atomic E-state index is 5.22. The SMILES string of the molecule is CC1CCC(NC(=S)NC(C)C)CC1. The minimum Gasteiger partial charge on any atom is -0.361 e. The van der Waals surface area contributed by atoms with Crippen molar-refractivity contribution in [3.8, 4) is 0 Å². The zero-order valence-corrected chi connectivity index (χ0v) is 10.3. The fourth-order valence-corrected chi connectivity index (χ4v) is 2.30. The van der Waals surface area contributed by atoms with Crippen molar-refractivity contribution in [2.45, 2.75) is 58.5 Å². The van der Waals surface area contributed by atoms with Gasteiger partial charge in [-0.2, -0.15) is 0 Å². The molecule has 0 amide bonds. The molecular weight excluding hydrogens is 192 g/mol. The van der Waals surface area contributed by atoms with Gasteiger partial charge in [-0.3, -0.25) is 0 Å². The Balaban J connectivity index is 2.20. The van der Waals surface area contributed by atoms with Gasteiger partial charge in [-0.25, -0.2) is 0 Å². The molecule has 1 aliphatic rings. The fourth-order valence-electron chi connectivity index (χ4n) is 1.89. The topological polar surface area (TPSA) is 24.1 Å². The van der Waals surface area contributed by atoms with Crippen molar-refractivity contribution in [1.29, 1.82) is 0 Å². The third kappa shape index (κ3) is 4.27. The second-order valence-electron chi connectivity index (χ2n) is 4.73. The van der Waals surface area contributed by atoms with E-state index in [-0.39, 0.29) is 0 Å². The molecular formula is C11H22N2S. The van der Waals surface area contributed by atoms with Crippen LogP contribution in [0.1, 0.15) is 46.5 Å². The lowest BCUT2D eigenvalue weighted by molar-refractivity contribution is 0.330. The second-order valence-corrected chi connectivity index (χ2v) is 5.14. The Bertz CT molecular complexity index is 184. The van der Waals surface area contributed by atoms with Crippen molar-refractivity contribution in [2.75, 3.05) is 0 Å². The minimum atomic E-state index is 0.428. The fraction of sp³-hybridized carbons (Fsp3) is 0.909. The van der Waals surface area contributed by atoms with E-state index in [1.54, 1.807) is 0 Å². The first kappa shape index (κ1) is 11.8. The third-order valence-corrected chi connectivity index (χ3v) is 3.01. The summed E-state index contributed by atoms with van der Waals surface area (Å²) in [4.78, 5) is 0. The van der Waals surface area contributed by atoms with E-state index in [1.807, 2.05) is 0 Å². The Hall–Kier alpha value is -0.310. The number of nitrogens with one attached hydrogen (secondary N) is 2. The molecule has 2 N–H and O–H groups in total. The summed E-state index contributed by atoms with van der Waals surface area (Å²) in [5, 5.41) is 7.43. The van der Waals surface area contributed by atoms with E-state index in [0.717, 1.165) is 11.0 Å². The van der Waals surface area contributed by atoms with E-state index < -0.39 is 0 Å². The zero-order chi connectivity index (χ0) is 10.6. The monoisotopic (exact) mass is 214 g/mol. The molecule has 0 aromatic heterocycles. The maximum Gasteiger partial charge on any atom is 0.166 e. The molecule has 0 aromatic carbocycles. The predicted octanol–water partition coefficient (Wildman–Crippen LogP) is 2.44. The lowest BCUT2D eigenvalue weighted by Gasteiger charge is -2.28. The van der Waals surface area contributed by atoms with Crippen LogP contribution >= 0.6 is 12.2 Å². The summed E-state index contributed by atoms with van der Waals surface area (Å²) >= 11 is 5.22. The Morgan fingerprint density at radius 3 is 2.29 bits per heavy atom. The van der Waals surface area contributed by atoms with Gasteiger partial charge in [0.25, 0.3) is 0 Å². The molecule has 0 radical (unpaired) electrons. The highest BCUT2D eigenvalue weighted by atomic mass is 32.1. The molecule has 1 aliphatic carbocycles. The highest BCUT2D eigenvalue weighted by Gasteiger charge is 2.18. The lowest BCUT2D eigenvalue weighted by Crippen LogP contribution is -2.45. The van der Waals surface area contributed by atoms with Crippen LogP contribution in [-0.2, 0) is 0 Å². The second kappa shape index (κ2) is 5.54. The third-order valence-electron chi connectivity index (χ3n) is 2.77. The molecule has 1 fully saturated rings. The standard InChI is InChI=1S/C11H22N2S/c1-8(2)12-11(14)13-10-6-4-9(3)5-7-10/h8-10H,4-7H2,1-3H3,(H2,12,13,14). The smallest absolute Gasteiger partial charge is 0.166 e. The maximum atomic E-state index is 5.22. The van der Waals surface area contributed by atoms with Crippen LogP contribution in [0.15, 0.2) is 0 Å². The molecule has 1 saturated carbocycles. The quantitative estimate of drug-likeness (QED) is 0.690. The van der Waals surface area contributed by atoms with Crippen LogP contribution in [0.2, 0.25) is 0 Å². The molecule has 0 heterocycles. The molecule has 0 spiro atoms. The first-order valence-electron chi connectivity index (χ1n) is 5.65. The van der Waals surface area contributed by atoms with Gasteiger partial charge in [-0.05, 0) is 57.7 Å². The molecule has 0 unspecified atom stereocenters. The predicted molar refractivity (Wildman–Crippen MR) is 65.4 cm³/mol. The molecule has 3 heteroatoms. The first-order valence-corrected chi connectivity index (χ1v) is 6.05. The van der Waals surface area contributed by atoms with Gasteiger partial charge in [-0.1, -0.05) is 6.92 Å². The molecule has 2 nitrogen and oxygen atoms in total. The number of hydrogen-bond acceptors (Lipinski definition) is 1. The Morgan fingerprint density at radius 1 is 1.21 bits per heavy atom. The molecule has 0 aliphatic heterocycles. The summed E-state index contributed by atoms with van der Waals surface area (Å²) in [5.74, 6) is 0.902. The van der Waals surface area contributed by atoms with Crippen LogP contribution in [0.3, 0.4) is 0 Å². The largest absolute Gasteiger partial charge is 0.361 e. The van der Waals surface area contributed by atoms with Crippen molar-refractivity contribution in [1.82, 2.24) is 10.6 Å². The number of hydrogen-bond donors (Lipinski definition) is 2. The van der Waals surface area contributed by atoms with E-state index in [1.165, 1.54) is 25.7 Å². The molecule has 0 saturated heterocycles. The van der Waals surface area contributed by atoms with Crippen LogP contribution in [0.5, 0.6) is 0 Å². The van der Waals surface area contributed by atoms with Gasteiger partial charge in [0.15, 0.2) is 5.11 Å². The summed E-state index contributed by atoms with van der Waals surface area (Å²) in [6, 6.07) is 1.03. The molecule has 0 bridgehead atoms. The van der Waals surface area contributed by atoms with Gasteiger partial charge in [0.2, 0.25) is 0 Å². The van der Waals surface area contributed by atoms with Gasteiger partial charge >= 0.3 is 0 Å². The Labute approximate surface area is 92.8 Å². The van der Waals surface area contributed by atoms with Crippen LogP contribution in [0.4, 0.5) is 0 Å². The summed E-state index contributed by atoms with van der Waals surface area (Å²) in [6.45, 7) is 6.55. The summed E-state index contributed by atoms with van der Waals surface area (Å²) in [6.07, 6.45) is 5.20. The molecule has 82 valence electrons. The Morgan fingerprint density at radius 2 is 1.79 bits per heavy atom.